The molecule has 5 rings (SSSR count). The summed E-state index contributed by atoms with van der Waals surface area (Å²) in [6, 6.07) is 12.4. The molecule has 2 aromatic heterocycles. The molecule has 0 spiro atoms. The summed E-state index contributed by atoms with van der Waals surface area (Å²) >= 11 is 0. The summed E-state index contributed by atoms with van der Waals surface area (Å²) in [5.74, 6) is 0.664. The molecule has 2 saturated heterocycles. The van der Waals surface area contributed by atoms with E-state index < -0.39 is 0 Å². The Balaban J connectivity index is 1.35. The van der Waals surface area contributed by atoms with Crippen LogP contribution in [-0.2, 0) is 7.05 Å². The molecule has 9 heteroatoms. The van der Waals surface area contributed by atoms with Crippen molar-refractivity contribution in [3.8, 4) is 11.4 Å². The van der Waals surface area contributed by atoms with Crippen molar-refractivity contribution in [2.75, 3.05) is 62.7 Å². The number of anilines is 2. The molecular weight excluding hydrogens is 416 g/mol. The van der Waals surface area contributed by atoms with Crippen molar-refractivity contribution in [2.24, 2.45) is 7.05 Å². The third kappa shape index (κ3) is 4.60. The second-order valence-electron chi connectivity index (χ2n) is 8.77. The van der Waals surface area contributed by atoms with Gasteiger partial charge in [-0.05, 0) is 30.8 Å². The van der Waals surface area contributed by atoms with Gasteiger partial charge in [-0.15, -0.1) is 0 Å². The van der Waals surface area contributed by atoms with Crippen molar-refractivity contribution in [1.29, 1.82) is 0 Å². The van der Waals surface area contributed by atoms with Crippen LogP contribution in [0, 0.1) is 0 Å². The number of likely N-dealkylation sites (N-methyl/N-ethyl adjacent to an activating group) is 1. The Bertz CT molecular complexity index is 1140. The molecule has 9 nitrogen and oxygen atoms in total. The molecule has 2 fully saturated rings. The van der Waals surface area contributed by atoms with Gasteiger partial charge < -0.3 is 20.0 Å². The van der Waals surface area contributed by atoms with Crippen molar-refractivity contribution in [1.82, 2.24) is 29.7 Å². The molecule has 2 aliphatic rings. The maximum atomic E-state index is 12.7. The highest BCUT2D eigenvalue weighted by Crippen LogP contribution is 2.25. The lowest BCUT2D eigenvalue weighted by atomic mass is 10.0. The number of nitrogens with one attached hydrogen (secondary N) is 1. The van der Waals surface area contributed by atoms with Crippen LogP contribution in [0.25, 0.3) is 11.4 Å². The van der Waals surface area contributed by atoms with E-state index >= 15 is 0 Å². The van der Waals surface area contributed by atoms with Gasteiger partial charge >= 0.3 is 0 Å². The van der Waals surface area contributed by atoms with Gasteiger partial charge in [-0.3, -0.25) is 9.36 Å². The molecule has 1 N–H and O–H groups in total. The van der Waals surface area contributed by atoms with E-state index in [9.17, 15) is 4.79 Å². The number of nitrogens with zero attached hydrogens (tertiary/aromatic N) is 7. The van der Waals surface area contributed by atoms with E-state index in [1.165, 1.54) is 23.6 Å². The highest BCUT2D eigenvalue weighted by atomic mass is 16.1. The summed E-state index contributed by atoms with van der Waals surface area (Å²) in [6.45, 7) is 6.66. The largest absolute Gasteiger partial charge is 0.369 e. The average molecular weight is 447 g/mol. The molecule has 0 aliphatic carbocycles. The number of piperazine rings is 2. The van der Waals surface area contributed by atoms with Crippen molar-refractivity contribution in [3.05, 3.63) is 64.8 Å². The summed E-state index contributed by atoms with van der Waals surface area (Å²) in [6.07, 6.45) is 3.13. The zero-order valence-electron chi connectivity index (χ0n) is 19.2. The predicted molar refractivity (Wildman–Crippen MR) is 130 cm³/mol. The molecule has 0 saturated carbocycles. The average Bonchev–Trinajstić information content (AvgIpc) is 2.87. The molecule has 0 amide bonds. The van der Waals surface area contributed by atoms with Crippen LogP contribution in [0.5, 0.6) is 0 Å². The van der Waals surface area contributed by atoms with E-state index in [-0.39, 0.29) is 11.6 Å². The predicted octanol–water partition coefficient (Wildman–Crippen LogP) is 1.14. The molecule has 33 heavy (non-hydrogen) atoms. The fraction of sp³-hybridized carbons (Fsp3) is 0.417. The van der Waals surface area contributed by atoms with Gasteiger partial charge in [0.25, 0.3) is 5.56 Å². The maximum Gasteiger partial charge on any atom is 0.255 e. The van der Waals surface area contributed by atoms with Crippen LogP contribution >= 0.6 is 0 Å². The van der Waals surface area contributed by atoms with Gasteiger partial charge in [0.1, 0.15) is 6.33 Å². The van der Waals surface area contributed by atoms with E-state index in [0.717, 1.165) is 45.8 Å². The van der Waals surface area contributed by atoms with E-state index in [4.69, 9.17) is 4.98 Å². The topological polar surface area (TPSA) is 82.4 Å². The number of benzene rings is 1. The van der Waals surface area contributed by atoms with Gasteiger partial charge in [-0.1, -0.05) is 12.1 Å². The molecule has 0 bridgehead atoms. The highest BCUT2D eigenvalue weighted by Gasteiger charge is 2.24. The summed E-state index contributed by atoms with van der Waals surface area (Å²) in [5.41, 5.74) is 3.65. The first-order valence-electron chi connectivity index (χ1n) is 11.4. The van der Waals surface area contributed by atoms with Gasteiger partial charge in [0.2, 0.25) is 5.95 Å². The van der Waals surface area contributed by atoms with Gasteiger partial charge in [-0.25, -0.2) is 15.0 Å². The van der Waals surface area contributed by atoms with Crippen LogP contribution in [-0.4, -0.2) is 77.3 Å². The van der Waals surface area contributed by atoms with Gasteiger partial charge in [0.15, 0.2) is 0 Å². The normalized spacial score (nSPS) is 19.6. The summed E-state index contributed by atoms with van der Waals surface area (Å²) in [7, 11) is 3.95. The van der Waals surface area contributed by atoms with Crippen molar-refractivity contribution in [3.63, 3.8) is 0 Å². The molecule has 172 valence electrons. The lowest BCUT2D eigenvalue weighted by Gasteiger charge is -2.36. The van der Waals surface area contributed by atoms with Crippen LogP contribution < -0.4 is 20.7 Å². The quantitative estimate of drug-likeness (QED) is 0.639. The standard InChI is InChI=1S/C24H30N8O/c1-29-11-13-31(14-12-29)19-5-3-18(4-6-19)22-16-32(10-9-26-22)24-28-21(15-23(33)30(24)2)20-7-8-25-17-27-20/h3-8,15,17,22,26H,9-14,16H2,1-2H3. The second-order valence-corrected chi connectivity index (χ2v) is 8.77. The van der Waals surface area contributed by atoms with E-state index in [2.05, 4.69) is 61.3 Å². The van der Waals surface area contributed by atoms with E-state index in [1.807, 2.05) is 0 Å². The van der Waals surface area contributed by atoms with Crippen LogP contribution in [0.4, 0.5) is 11.6 Å². The molecule has 4 heterocycles. The minimum absolute atomic E-state index is 0.0970. The maximum absolute atomic E-state index is 12.7. The lowest BCUT2D eigenvalue weighted by molar-refractivity contribution is 0.313. The van der Waals surface area contributed by atoms with Crippen LogP contribution in [0.2, 0.25) is 0 Å². The first kappa shape index (κ1) is 21.5. The lowest BCUT2D eigenvalue weighted by Crippen LogP contribution is -2.47. The minimum atomic E-state index is -0.0970. The Kier molecular flexibility index (Phi) is 6.06. The molecule has 0 radical (unpaired) electrons. The van der Waals surface area contributed by atoms with Gasteiger partial charge in [0, 0.05) is 76.9 Å². The monoisotopic (exact) mass is 446 g/mol. The number of aromatic nitrogens is 4. The van der Waals surface area contributed by atoms with Crippen LogP contribution in [0.3, 0.4) is 0 Å². The molecule has 1 aromatic carbocycles. The Morgan fingerprint density at radius 2 is 1.73 bits per heavy atom. The molecule has 2 aliphatic heterocycles. The first-order chi connectivity index (χ1) is 16.1. The highest BCUT2D eigenvalue weighted by molar-refractivity contribution is 5.55. The van der Waals surface area contributed by atoms with Crippen molar-refractivity contribution in [2.45, 2.75) is 6.04 Å². The zero-order chi connectivity index (χ0) is 22.8. The summed E-state index contributed by atoms with van der Waals surface area (Å²) in [5, 5.41) is 3.62. The molecule has 3 aromatic rings. The van der Waals surface area contributed by atoms with E-state index in [0.29, 0.717) is 17.3 Å². The Morgan fingerprint density at radius 3 is 2.45 bits per heavy atom. The molecule has 1 unspecified atom stereocenters. The molecule has 1 atom stereocenters. The van der Waals surface area contributed by atoms with E-state index in [1.54, 1.807) is 23.9 Å². The second kappa shape index (κ2) is 9.29. The van der Waals surface area contributed by atoms with Crippen molar-refractivity contribution >= 4 is 11.6 Å². The minimum Gasteiger partial charge on any atom is -0.369 e. The third-order valence-corrected chi connectivity index (χ3v) is 6.58. The third-order valence-electron chi connectivity index (χ3n) is 6.58. The number of hydrogen-bond donors (Lipinski definition) is 1. The SMILES string of the molecule is CN1CCN(c2ccc(C3CN(c4nc(-c5ccncn5)cc(=O)n4C)CCN3)cc2)CC1. The Morgan fingerprint density at radius 1 is 0.939 bits per heavy atom. The first-order valence-corrected chi connectivity index (χ1v) is 11.4. The summed E-state index contributed by atoms with van der Waals surface area (Å²) < 4.78 is 1.61. The van der Waals surface area contributed by atoms with Gasteiger partial charge in [-0.2, -0.15) is 0 Å². The number of rotatable bonds is 4. The Hall–Kier alpha value is -3.30. The number of hydrogen-bond acceptors (Lipinski definition) is 8. The fourth-order valence-corrected chi connectivity index (χ4v) is 4.52. The molecular formula is C24H30N8O. The van der Waals surface area contributed by atoms with Gasteiger partial charge in [0.05, 0.1) is 11.4 Å². The Labute approximate surface area is 193 Å². The summed E-state index contributed by atoms with van der Waals surface area (Å²) in [4.78, 5) is 32.7. The van der Waals surface area contributed by atoms with Crippen molar-refractivity contribution < 1.29 is 0 Å². The smallest absolute Gasteiger partial charge is 0.255 e. The zero-order valence-corrected chi connectivity index (χ0v) is 19.2. The van der Waals surface area contributed by atoms with Crippen LogP contribution in [0.15, 0.2) is 53.7 Å². The van der Waals surface area contributed by atoms with Crippen LogP contribution in [0.1, 0.15) is 11.6 Å². The fourth-order valence-electron chi connectivity index (χ4n) is 4.52.